The van der Waals surface area contributed by atoms with Gasteiger partial charge in [0, 0.05) is 17.8 Å². The Morgan fingerprint density at radius 3 is 2.58 bits per heavy atom. The summed E-state index contributed by atoms with van der Waals surface area (Å²) in [6.07, 6.45) is 0.806. The molecule has 1 atom stereocenters. The number of hydrogen-bond donors (Lipinski definition) is 1. The Bertz CT molecular complexity index is 812. The molecule has 0 aromatic heterocycles. The van der Waals surface area contributed by atoms with Gasteiger partial charge in [0.25, 0.3) is 0 Å². The van der Waals surface area contributed by atoms with E-state index in [2.05, 4.69) is 11.4 Å². The van der Waals surface area contributed by atoms with Gasteiger partial charge in [-0.05, 0) is 49.6 Å². The lowest BCUT2D eigenvalue weighted by Crippen LogP contribution is -2.42. The highest BCUT2D eigenvalue weighted by Crippen LogP contribution is 2.24. The number of anilines is 1. The van der Waals surface area contributed by atoms with E-state index in [-0.39, 0.29) is 18.2 Å². The van der Waals surface area contributed by atoms with E-state index < -0.39 is 6.04 Å². The molecule has 1 N–H and O–H groups in total. The first-order valence-electron chi connectivity index (χ1n) is 8.79. The van der Waals surface area contributed by atoms with Crippen molar-refractivity contribution >= 4 is 17.5 Å². The Labute approximate surface area is 154 Å². The van der Waals surface area contributed by atoms with E-state index in [1.807, 2.05) is 50.2 Å². The van der Waals surface area contributed by atoms with Crippen LogP contribution in [0.4, 0.5) is 5.69 Å². The number of para-hydroxylation sites is 1. The van der Waals surface area contributed by atoms with Crippen LogP contribution in [0.5, 0.6) is 5.75 Å². The summed E-state index contributed by atoms with van der Waals surface area (Å²) in [5, 5.41) is 2.87. The van der Waals surface area contributed by atoms with Crippen molar-refractivity contribution in [1.82, 2.24) is 5.32 Å². The molecule has 0 aliphatic carbocycles. The topological polar surface area (TPSA) is 58.6 Å². The fraction of sp³-hybridized carbons (Fsp3) is 0.333. The van der Waals surface area contributed by atoms with E-state index in [9.17, 15) is 9.59 Å². The number of methoxy groups -OCH3 is 1. The molecule has 5 nitrogen and oxygen atoms in total. The summed E-state index contributed by atoms with van der Waals surface area (Å²) in [5.41, 5.74) is 3.95. The van der Waals surface area contributed by atoms with E-state index in [1.54, 1.807) is 12.0 Å². The van der Waals surface area contributed by atoms with E-state index in [1.165, 1.54) is 0 Å². The minimum absolute atomic E-state index is 0.0524. The maximum atomic E-state index is 12.7. The van der Waals surface area contributed by atoms with Gasteiger partial charge in [-0.2, -0.15) is 0 Å². The smallest absolute Gasteiger partial charge is 0.249 e. The van der Waals surface area contributed by atoms with Crippen LogP contribution in [0.1, 0.15) is 23.1 Å². The molecule has 0 bridgehead atoms. The van der Waals surface area contributed by atoms with Crippen molar-refractivity contribution in [1.29, 1.82) is 0 Å². The molecule has 2 aromatic rings. The maximum Gasteiger partial charge on any atom is 0.249 e. The summed E-state index contributed by atoms with van der Waals surface area (Å²) in [5.74, 6) is 0.454. The van der Waals surface area contributed by atoms with Crippen molar-refractivity contribution in [2.24, 2.45) is 0 Å². The zero-order valence-electron chi connectivity index (χ0n) is 15.4. The van der Waals surface area contributed by atoms with Crippen LogP contribution < -0.4 is 15.0 Å². The average Bonchev–Trinajstić information content (AvgIpc) is 2.95. The second kappa shape index (κ2) is 7.60. The number of rotatable bonds is 5. The van der Waals surface area contributed by atoms with Crippen molar-refractivity contribution in [2.75, 3.05) is 18.6 Å². The van der Waals surface area contributed by atoms with E-state index in [0.29, 0.717) is 18.7 Å². The Kier molecular flexibility index (Phi) is 5.26. The standard InChI is InChI=1S/C21H24N2O3/c1-14-10-15(2)12-17(11-14)23-9-8-18(21(23)25)22-20(24)13-16-6-4-5-7-19(16)26-3/h4-7,10-12,18H,8-9,13H2,1-3H3,(H,22,24)/t18-/m1/s1. The van der Waals surface area contributed by atoms with Crippen molar-refractivity contribution in [3.63, 3.8) is 0 Å². The van der Waals surface area contributed by atoms with Crippen LogP contribution in [0.3, 0.4) is 0 Å². The minimum atomic E-state index is -0.474. The predicted octanol–water partition coefficient (Wildman–Crippen LogP) is 2.78. The second-order valence-corrected chi connectivity index (χ2v) is 6.73. The first-order chi connectivity index (χ1) is 12.5. The summed E-state index contributed by atoms with van der Waals surface area (Å²) in [6.45, 7) is 4.65. The zero-order chi connectivity index (χ0) is 18.7. The molecule has 1 saturated heterocycles. The number of amides is 2. The zero-order valence-corrected chi connectivity index (χ0v) is 15.4. The fourth-order valence-electron chi connectivity index (χ4n) is 3.44. The first-order valence-corrected chi connectivity index (χ1v) is 8.79. The predicted molar refractivity (Wildman–Crippen MR) is 102 cm³/mol. The molecule has 136 valence electrons. The molecule has 5 heteroatoms. The normalized spacial score (nSPS) is 16.7. The third kappa shape index (κ3) is 3.87. The molecule has 1 aliphatic rings. The Hall–Kier alpha value is -2.82. The molecule has 1 fully saturated rings. The van der Waals surface area contributed by atoms with E-state index in [0.717, 1.165) is 22.4 Å². The Balaban J connectivity index is 1.66. The molecule has 3 rings (SSSR count). The summed E-state index contributed by atoms with van der Waals surface area (Å²) >= 11 is 0. The van der Waals surface area contributed by atoms with Crippen LogP contribution >= 0.6 is 0 Å². The summed E-state index contributed by atoms with van der Waals surface area (Å²) in [6, 6.07) is 13.0. The Morgan fingerprint density at radius 1 is 1.19 bits per heavy atom. The molecule has 2 amide bonds. The number of nitrogens with one attached hydrogen (secondary N) is 1. The molecule has 0 saturated carbocycles. The summed E-state index contributed by atoms with van der Waals surface area (Å²) < 4.78 is 5.28. The molecule has 1 aliphatic heterocycles. The highest BCUT2D eigenvalue weighted by atomic mass is 16.5. The lowest BCUT2D eigenvalue weighted by atomic mass is 10.1. The SMILES string of the molecule is COc1ccccc1CC(=O)N[C@@H]1CCN(c2cc(C)cc(C)c2)C1=O. The van der Waals surface area contributed by atoms with Crippen LogP contribution in [0, 0.1) is 13.8 Å². The van der Waals surface area contributed by atoms with Gasteiger partial charge in [0.1, 0.15) is 11.8 Å². The number of carbonyl (C=O) groups excluding carboxylic acids is 2. The molecule has 1 heterocycles. The van der Waals surface area contributed by atoms with Gasteiger partial charge in [0.15, 0.2) is 0 Å². The Morgan fingerprint density at radius 2 is 1.88 bits per heavy atom. The van der Waals surface area contributed by atoms with Gasteiger partial charge < -0.3 is 15.0 Å². The highest BCUT2D eigenvalue weighted by Gasteiger charge is 2.33. The van der Waals surface area contributed by atoms with Crippen LogP contribution in [-0.4, -0.2) is 31.5 Å². The largest absolute Gasteiger partial charge is 0.496 e. The van der Waals surface area contributed by atoms with Gasteiger partial charge in [-0.15, -0.1) is 0 Å². The van der Waals surface area contributed by atoms with Crippen LogP contribution in [0.2, 0.25) is 0 Å². The minimum Gasteiger partial charge on any atom is -0.496 e. The molecule has 0 radical (unpaired) electrons. The number of ether oxygens (including phenoxy) is 1. The third-order valence-corrected chi connectivity index (χ3v) is 4.60. The number of benzene rings is 2. The number of aryl methyl sites for hydroxylation is 2. The van der Waals surface area contributed by atoms with E-state index in [4.69, 9.17) is 4.74 Å². The summed E-state index contributed by atoms with van der Waals surface area (Å²) in [7, 11) is 1.58. The van der Waals surface area contributed by atoms with Crippen molar-refractivity contribution < 1.29 is 14.3 Å². The van der Waals surface area contributed by atoms with E-state index >= 15 is 0 Å². The van der Waals surface area contributed by atoms with Gasteiger partial charge >= 0.3 is 0 Å². The van der Waals surface area contributed by atoms with Gasteiger partial charge in [0.05, 0.1) is 13.5 Å². The van der Waals surface area contributed by atoms with Crippen molar-refractivity contribution in [3.8, 4) is 5.75 Å². The van der Waals surface area contributed by atoms with Gasteiger partial charge in [0.2, 0.25) is 11.8 Å². The lowest BCUT2D eigenvalue weighted by Gasteiger charge is -2.18. The summed E-state index contributed by atoms with van der Waals surface area (Å²) in [4.78, 5) is 26.9. The number of nitrogens with zero attached hydrogens (tertiary/aromatic N) is 1. The molecule has 2 aromatic carbocycles. The van der Waals surface area contributed by atoms with Crippen LogP contribution in [0.15, 0.2) is 42.5 Å². The van der Waals surface area contributed by atoms with Gasteiger partial charge in [-0.1, -0.05) is 24.3 Å². The lowest BCUT2D eigenvalue weighted by molar-refractivity contribution is -0.126. The van der Waals surface area contributed by atoms with Crippen LogP contribution in [0.25, 0.3) is 0 Å². The molecule has 0 spiro atoms. The van der Waals surface area contributed by atoms with Gasteiger partial charge in [-0.3, -0.25) is 9.59 Å². The number of hydrogen-bond acceptors (Lipinski definition) is 3. The highest BCUT2D eigenvalue weighted by molar-refractivity contribution is 6.01. The van der Waals surface area contributed by atoms with Gasteiger partial charge in [-0.25, -0.2) is 0 Å². The average molecular weight is 352 g/mol. The molecular weight excluding hydrogens is 328 g/mol. The molecule has 26 heavy (non-hydrogen) atoms. The van der Waals surface area contributed by atoms with Crippen molar-refractivity contribution in [2.45, 2.75) is 32.7 Å². The first kappa shape index (κ1) is 18.0. The second-order valence-electron chi connectivity index (χ2n) is 6.73. The fourth-order valence-corrected chi connectivity index (χ4v) is 3.44. The maximum absolute atomic E-state index is 12.7. The molecular formula is C21H24N2O3. The monoisotopic (exact) mass is 352 g/mol. The number of carbonyl (C=O) groups is 2. The molecule has 0 unspecified atom stereocenters. The quantitative estimate of drug-likeness (QED) is 0.900. The third-order valence-electron chi connectivity index (χ3n) is 4.60. The van der Waals surface area contributed by atoms with Crippen molar-refractivity contribution in [3.05, 3.63) is 59.2 Å². The van der Waals surface area contributed by atoms with Crippen LogP contribution in [-0.2, 0) is 16.0 Å².